The molecule has 0 saturated heterocycles. The van der Waals surface area contributed by atoms with E-state index in [-0.39, 0.29) is 45.2 Å². The van der Waals surface area contributed by atoms with Gasteiger partial charge in [0, 0.05) is 0 Å². The molecule has 18 heteroatoms. The highest BCUT2D eigenvalue weighted by atomic mass is 32.3. The van der Waals surface area contributed by atoms with Crippen molar-refractivity contribution in [3.05, 3.63) is 0 Å². The molecule has 20 N–H and O–H groups in total. The molecule has 0 unspecified atom stereocenters. The highest BCUT2D eigenvalue weighted by Crippen LogP contribution is 1.92. The lowest BCUT2D eigenvalue weighted by atomic mass is 14.0. The van der Waals surface area contributed by atoms with Crippen molar-refractivity contribution < 1.29 is 67.5 Å². The predicted molar refractivity (Wildman–Crippen MR) is 55.2 cm³/mol. The maximum absolute atomic E-state index is 9.37. The van der Waals surface area contributed by atoms with Crippen LogP contribution in [0.15, 0.2) is 0 Å². The van der Waals surface area contributed by atoms with E-state index in [0.29, 0.717) is 0 Å². The fourth-order valence-electron chi connectivity index (χ4n) is 0.0680. The van der Waals surface area contributed by atoms with Crippen molar-refractivity contribution in [3.63, 3.8) is 0 Å². The second-order valence-electron chi connectivity index (χ2n) is 0.953. The van der Waals surface area contributed by atoms with Gasteiger partial charge in [0.15, 0.2) is 0 Å². The van der Waals surface area contributed by atoms with Crippen molar-refractivity contribution >= 4 is 20.8 Å². The summed E-state index contributed by atoms with van der Waals surface area (Å²) in [7, 11) is -10.6. The summed E-state index contributed by atoms with van der Waals surface area (Å²) in [5, 5.41) is 0. The van der Waals surface area contributed by atoms with Gasteiger partial charge in [-0.1, -0.05) is 0 Å². The third-order valence-electron chi connectivity index (χ3n) is 0.194. The molecular formula is H20N2O14S2. The molecule has 18 heavy (non-hydrogen) atoms. The Hall–Kier alpha value is -0.580. The molecule has 0 saturated carbocycles. The Labute approximate surface area is 101 Å². The Morgan fingerprint density at radius 1 is 0.556 bits per heavy atom. The minimum atomic E-state index is -5.31. The summed E-state index contributed by atoms with van der Waals surface area (Å²) in [5.74, 6) is 0. The van der Waals surface area contributed by atoms with E-state index in [4.69, 9.17) is 0 Å². The molecule has 0 aliphatic heterocycles. The molecule has 0 atom stereocenters. The second kappa shape index (κ2) is 21.7. The fraction of sp³-hybridized carbons (Fsp3) is 0. The summed E-state index contributed by atoms with van der Waals surface area (Å²) < 4.78 is 61.5. The molecule has 0 spiro atoms. The van der Waals surface area contributed by atoms with Gasteiger partial charge in [0.05, 0.1) is 0 Å². The third-order valence-corrected chi connectivity index (χ3v) is 0.750. The first-order valence-electron chi connectivity index (χ1n) is 1.50. The fourth-order valence-corrected chi connectivity index (χ4v) is 0.612. The zero-order valence-electron chi connectivity index (χ0n) is 9.08. The molecular weight excluding hydrogens is 316 g/mol. The molecule has 0 aliphatic carbocycles. The maximum Gasteiger partial charge on any atom is 0.246 e. The molecule has 0 aromatic rings. The molecule has 0 aromatic heterocycles. The van der Waals surface area contributed by atoms with E-state index in [1.807, 2.05) is 0 Å². The van der Waals surface area contributed by atoms with Crippen molar-refractivity contribution in [2.24, 2.45) is 0 Å². The van der Waals surface area contributed by atoms with E-state index < -0.39 is 20.8 Å². The standard InChI is InChI=1S/2H3N.H2O8S2.6H2O/c;;1-9(2,3)7-8-10(4,5)6;;;;;;/h2*1H3;(H,1,2,3)(H,4,5,6);6*1H2. The van der Waals surface area contributed by atoms with Gasteiger partial charge in [-0.25, -0.2) is 16.8 Å². The van der Waals surface area contributed by atoms with Crippen LogP contribution in [-0.2, 0) is 29.5 Å². The lowest BCUT2D eigenvalue weighted by Gasteiger charge is -2.07. The van der Waals surface area contributed by atoms with E-state index in [1.165, 1.54) is 0 Å². The predicted octanol–water partition coefficient (Wildman–Crippen LogP) is -6.34. The molecule has 0 fully saturated rings. The molecule has 0 aliphatic rings. The van der Waals surface area contributed by atoms with Crippen molar-refractivity contribution in [1.29, 1.82) is 0 Å². The van der Waals surface area contributed by atoms with Crippen molar-refractivity contribution in [2.75, 3.05) is 0 Å². The van der Waals surface area contributed by atoms with Crippen LogP contribution in [0.1, 0.15) is 0 Å². The monoisotopic (exact) mass is 336 g/mol. The van der Waals surface area contributed by atoms with Crippen LogP contribution >= 0.6 is 0 Å². The first kappa shape index (κ1) is 66.2. The Balaban J connectivity index is -0.0000000145. The van der Waals surface area contributed by atoms with Crippen LogP contribution in [0.2, 0.25) is 0 Å². The highest BCUT2D eigenvalue weighted by molar-refractivity contribution is 7.83. The zero-order chi connectivity index (χ0) is 8.41. The topological polar surface area (TPSA) is 395 Å². The lowest BCUT2D eigenvalue weighted by Crippen LogP contribution is -2.10. The van der Waals surface area contributed by atoms with Gasteiger partial charge in [-0.3, -0.25) is 0 Å². The van der Waals surface area contributed by atoms with Gasteiger partial charge in [0.1, 0.15) is 0 Å². The van der Waals surface area contributed by atoms with E-state index in [1.54, 1.807) is 0 Å². The van der Waals surface area contributed by atoms with Gasteiger partial charge in [0.2, 0.25) is 20.8 Å². The van der Waals surface area contributed by atoms with Crippen LogP contribution in [0.25, 0.3) is 0 Å². The van der Waals surface area contributed by atoms with Crippen LogP contribution in [0.5, 0.6) is 0 Å². The van der Waals surface area contributed by atoms with Crippen LogP contribution in [-0.4, -0.2) is 58.8 Å². The summed E-state index contributed by atoms with van der Waals surface area (Å²) in [5.41, 5.74) is 0. The average Bonchev–Trinajstić information content (AvgIpc) is 1.57. The molecule has 0 heterocycles. The minimum absolute atomic E-state index is 0. The van der Waals surface area contributed by atoms with Crippen LogP contribution in [0.3, 0.4) is 0 Å². The molecule has 0 rings (SSSR count). The molecule has 16 nitrogen and oxygen atoms in total. The van der Waals surface area contributed by atoms with E-state index in [2.05, 4.69) is 8.67 Å². The molecule has 0 bridgehead atoms. The first-order chi connectivity index (χ1) is 4.21. The Kier molecular flexibility index (Phi) is 79.8. The van der Waals surface area contributed by atoms with Crippen molar-refractivity contribution in [3.8, 4) is 0 Å². The minimum Gasteiger partial charge on any atom is -0.724 e. The quantitative estimate of drug-likeness (QED) is 0.215. The summed E-state index contributed by atoms with van der Waals surface area (Å²) in [6.45, 7) is 0. The van der Waals surface area contributed by atoms with Crippen molar-refractivity contribution in [2.45, 2.75) is 0 Å². The molecule has 0 amide bonds. The zero-order valence-corrected chi connectivity index (χ0v) is 10.7. The van der Waals surface area contributed by atoms with E-state index in [9.17, 15) is 25.9 Å². The summed E-state index contributed by atoms with van der Waals surface area (Å²) in [6.07, 6.45) is 0. The summed E-state index contributed by atoms with van der Waals surface area (Å²) in [6, 6.07) is 0. The Bertz CT molecular complexity index is 254. The van der Waals surface area contributed by atoms with E-state index >= 15 is 0 Å². The Morgan fingerprint density at radius 3 is 0.722 bits per heavy atom. The molecule has 126 valence electrons. The Morgan fingerprint density at radius 2 is 0.667 bits per heavy atom. The SMILES string of the molecule is O.O.O.O.O.O.O=S(=O)([O-])OOS(=O)(=O)[O-].[NH4+].[NH4+]. The van der Waals surface area contributed by atoms with Gasteiger partial charge < -0.3 is 54.3 Å². The molecule has 0 aromatic carbocycles. The van der Waals surface area contributed by atoms with Gasteiger partial charge in [-0.05, 0) is 0 Å². The average molecular weight is 336 g/mol. The van der Waals surface area contributed by atoms with Crippen LogP contribution in [0, 0.1) is 0 Å². The smallest absolute Gasteiger partial charge is 0.246 e. The van der Waals surface area contributed by atoms with Crippen LogP contribution in [0.4, 0.5) is 0 Å². The first-order valence-corrected chi connectivity index (χ1v) is 4.17. The van der Waals surface area contributed by atoms with Crippen LogP contribution < -0.4 is 12.3 Å². The number of hydrogen-bond acceptors (Lipinski definition) is 8. The van der Waals surface area contributed by atoms with Gasteiger partial charge in [-0.2, -0.15) is 0 Å². The third kappa shape index (κ3) is 77.8. The van der Waals surface area contributed by atoms with Gasteiger partial charge in [-0.15, -0.1) is 8.67 Å². The second-order valence-corrected chi connectivity index (χ2v) is 2.86. The van der Waals surface area contributed by atoms with Crippen molar-refractivity contribution in [1.82, 2.24) is 12.3 Å². The van der Waals surface area contributed by atoms with Gasteiger partial charge >= 0.3 is 0 Å². The summed E-state index contributed by atoms with van der Waals surface area (Å²) >= 11 is 0. The van der Waals surface area contributed by atoms with E-state index in [0.717, 1.165) is 0 Å². The molecule has 0 radical (unpaired) electrons. The normalized spacial score (nSPS) is 7.44. The summed E-state index contributed by atoms with van der Waals surface area (Å²) in [4.78, 5) is 0. The number of hydrogen-bond donors (Lipinski definition) is 2. The number of quaternary nitrogens is 2. The largest absolute Gasteiger partial charge is 0.724 e. The highest BCUT2D eigenvalue weighted by Gasteiger charge is 1.99. The maximum atomic E-state index is 9.37. The lowest BCUT2D eigenvalue weighted by molar-refractivity contribution is -0.107. The van der Waals surface area contributed by atoms with Gasteiger partial charge in [0.25, 0.3) is 0 Å². The number of rotatable bonds is 3.